The Morgan fingerprint density at radius 2 is 1.12 bits per heavy atom. The molecule has 2 unspecified atom stereocenters. The molecule has 1 heteroatoms. The Bertz CT molecular complexity index is 128. The maximum Gasteiger partial charge on any atom is 0.00925 e. The molecule has 0 amide bonds. The summed E-state index contributed by atoms with van der Waals surface area (Å²) in [4.78, 5) is 2.66. The summed E-state index contributed by atoms with van der Waals surface area (Å²) < 4.78 is 0. The molecule has 0 spiro atoms. The van der Waals surface area contributed by atoms with Crippen molar-refractivity contribution in [1.82, 2.24) is 4.90 Å². The first kappa shape index (κ1) is 16.0. The van der Waals surface area contributed by atoms with Crippen molar-refractivity contribution in [1.29, 1.82) is 0 Å². The molecule has 0 aromatic carbocycles. The van der Waals surface area contributed by atoms with Gasteiger partial charge in [0.2, 0.25) is 0 Å². The van der Waals surface area contributed by atoms with Gasteiger partial charge in [0.15, 0.2) is 0 Å². The lowest BCUT2D eigenvalue weighted by Crippen LogP contribution is -2.39. The molecule has 0 heterocycles. The summed E-state index contributed by atoms with van der Waals surface area (Å²) in [6.45, 7) is 9.26. The number of hydrogen-bond donors (Lipinski definition) is 0. The van der Waals surface area contributed by atoms with Gasteiger partial charge < -0.3 is 4.90 Å². The summed E-state index contributed by atoms with van der Waals surface area (Å²) in [5, 5.41) is 0. The summed E-state index contributed by atoms with van der Waals surface area (Å²) in [6.07, 6.45) is 10.8. The zero-order valence-corrected chi connectivity index (χ0v) is 12.3. The number of nitrogens with zero attached hydrogens (tertiary/aromatic N) is 1. The maximum absolute atomic E-state index is 2.66. The molecular formula is C15H33N. The molecular weight excluding hydrogens is 194 g/mol. The van der Waals surface area contributed by atoms with Gasteiger partial charge in [-0.05, 0) is 32.7 Å². The van der Waals surface area contributed by atoms with Crippen molar-refractivity contribution >= 4 is 0 Å². The van der Waals surface area contributed by atoms with Crippen LogP contribution in [0.1, 0.15) is 79.1 Å². The highest BCUT2D eigenvalue weighted by atomic mass is 15.2. The first-order chi connectivity index (χ1) is 7.71. The zero-order valence-electron chi connectivity index (χ0n) is 12.3. The van der Waals surface area contributed by atoms with Gasteiger partial charge in [0.05, 0.1) is 0 Å². The second-order valence-corrected chi connectivity index (χ2v) is 5.07. The molecule has 0 aliphatic rings. The third kappa shape index (κ3) is 5.89. The molecule has 0 saturated heterocycles. The molecule has 0 fully saturated rings. The molecule has 0 N–H and O–H groups in total. The van der Waals surface area contributed by atoms with E-state index in [2.05, 4.69) is 39.6 Å². The summed E-state index contributed by atoms with van der Waals surface area (Å²) in [6, 6.07) is 1.61. The summed E-state index contributed by atoms with van der Waals surface area (Å²) in [5.41, 5.74) is 0. The Kier molecular flexibility index (Phi) is 10.1. The fraction of sp³-hybridized carbons (Fsp3) is 1.00. The van der Waals surface area contributed by atoms with Crippen LogP contribution in [-0.4, -0.2) is 24.0 Å². The van der Waals surface area contributed by atoms with Crippen LogP contribution in [0.3, 0.4) is 0 Å². The summed E-state index contributed by atoms with van der Waals surface area (Å²) in [5.74, 6) is 0. The zero-order chi connectivity index (χ0) is 12.4. The summed E-state index contributed by atoms with van der Waals surface area (Å²) >= 11 is 0. The average Bonchev–Trinajstić information content (AvgIpc) is 2.31. The second kappa shape index (κ2) is 10.1. The molecule has 16 heavy (non-hydrogen) atoms. The fourth-order valence-corrected chi connectivity index (χ4v) is 2.57. The molecule has 0 aromatic heterocycles. The molecule has 2 atom stereocenters. The quantitative estimate of drug-likeness (QED) is 0.515. The third-order valence-corrected chi connectivity index (χ3v) is 3.88. The van der Waals surface area contributed by atoms with Crippen molar-refractivity contribution in [2.24, 2.45) is 0 Å². The van der Waals surface area contributed by atoms with E-state index in [9.17, 15) is 0 Å². The molecule has 0 aromatic rings. The lowest BCUT2D eigenvalue weighted by molar-refractivity contribution is 0.144. The van der Waals surface area contributed by atoms with Crippen molar-refractivity contribution in [3.8, 4) is 0 Å². The van der Waals surface area contributed by atoms with Crippen LogP contribution in [0.4, 0.5) is 0 Å². The molecule has 0 aliphatic carbocycles. The van der Waals surface area contributed by atoms with Crippen LogP contribution in [0, 0.1) is 0 Å². The van der Waals surface area contributed by atoms with Gasteiger partial charge in [0, 0.05) is 12.1 Å². The van der Waals surface area contributed by atoms with E-state index in [1.165, 1.54) is 51.4 Å². The highest BCUT2D eigenvalue weighted by Gasteiger charge is 2.19. The van der Waals surface area contributed by atoms with Crippen LogP contribution >= 0.6 is 0 Å². The van der Waals surface area contributed by atoms with Crippen LogP contribution in [0.2, 0.25) is 0 Å². The van der Waals surface area contributed by atoms with Crippen LogP contribution in [-0.2, 0) is 0 Å². The van der Waals surface area contributed by atoms with Crippen LogP contribution in [0.25, 0.3) is 0 Å². The van der Waals surface area contributed by atoms with E-state index in [0.29, 0.717) is 0 Å². The number of unbranched alkanes of at least 4 members (excludes halogenated alkanes) is 2. The number of rotatable bonds is 10. The van der Waals surface area contributed by atoms with Gasteiger partial charge in [-0.2, -0.15) is 0 Å². The van der Waals surface area contributed by atoms with Crippen LogP contribution in [0.5, 0.6) is 0 Å². The SMILES string of the molecule is CCCCC(CC)N(C)C(CC)CCCC. The molecule has 0 rings (SSSR count). The Labute approximate surface area is 104 Å². The summed E-state index contributed by atoms with van der Waals surface area (Å²) in [7, 11) is 2.34. The Morgan fingerprint density at radius 3 is 1.38 bits per heavy atom. The smallest absolute Gasteiger partial charge is 0.00925 e. The van der Waals surface area contributed by atoms with Gasteiger partial charge in [-0.15, -0.1) is 0 Å². The van der Waals surface area contributed by atoms with E-state index in [4.69, 9.17) is 0 Å². The molecule has 0 aliphatic heterocycles. The minimum Gasteiger partial charge on any atom is -0.300 e. The van der Waals surface area contributed by atoms with E-state index in [1.54, 1.807) is 0 Å². The minimum atomic E-state index is 0.807. The first-order valence-corrected chi connectivity index (χ1v) is 7.43. The predicted molar refractivity (Wildman–Crippen MR) is 75.0 cm³/mol. The van der Waals surface area contributed by atoms with Gasteiger partial charge in [-0.1, -0.05) is 53.4 Å². The third-order valence-electron chi connectivity index (χ3n) is 3.88. The molecule has 1 nitrogen and oxygen atoms in total. The molecule has 0 radical (unpaired) electrons. The van der Waals surface area contributed by atoms with Crippen molar-refractivity contribution in [3.05, 3.63) is 0 Å². The highest BCUT2D eigenvalue weighted by Crippen LogP contribution is 2.18. The normalized spacial score (nSPS) is 15.4. The van der Waals surface area contributed by atoms with Crippen molar-refractivity contribution in [2.45, 2.75) is 91.1 Å². The van der Waals surface area contributed by atoms with E-state index in [-0.39, 0.29) is 0 Å². The van der Waals surface area contributed by atoms with Gasteiger partial charge >= 0.3 is 0 Å². The largest absolute Gasteiger partial charge is 0.300 e. The first-order valence-electron chi connectivity index (χ1n) is 7.43. The Hall–Kier alpha value is -0.0400. The van der Waals surface area contributed by atoms with Crippen LogP contribution in [0.15, 0.2) is 0 Å². The van der Waals surface area contributed by atoms with Crippen molar-refractivity contribution in [2.75, 3.05) is 7.05 Å². The van der Waals surface area contributed by atoms with E-state index >= 15 is 0 Å². The van der Waals surface area contributed by atoms with E-state index < -0.39 is 0 Å². The average molecular weight is 227 g/mol. The highest BCUT2D eigenvalue weighted by molar-refractivity contribution is 4.75. The fourth-order valence-electron chi connectivity index (χ4n) is 2.57. The Morgan fingerprint density at radius 1 is 0.750 bits per heavy atom. The second-order valence-electron chi connectivity index (χ2n) is 5.07. The van der Waals surface area contributed by atoms with Gasteiger partial charge in [0.25, 0.3) is 0 Å². The number of hydrogen-bond acceptors (Lipinski definition) is 1. The standard InChI is InChI=1S/C15H33N/c1-6-10-12-14(8-3)16(5)15(9-4)13-11-7-2/h14-15H,6-13H2,1-5H3. The molecule has 0 bridgehead atoms. The van der Waals surface area contributed by atoms with Crippen molar-refractivity contribution < 1.29 is 0 Å². The monoisotopic (exact) mass is 227 g/mol. The predicted octanol–water partition coefficient (Wildman–Crippen LogP) is 4.86. The lowest BCUT2D eigenvalue weighted by Gasteiger charge is -2.34. The van der Waals surface area contributed by atoms with Gasteiger partial charge in [-0.25, -0.2) is 0 Å². The van der Waals surface area contributed by atoms with Crippen LogP contribution < -0.4 is 0 Å². The van der Waals surface area contributed by atoms with E-state index in [0.717, 1.165) is 12.1 Å². The van der Waals surface area contributed by atoms with Gasteiger partial charge in [-0.3, -0.25) is 0 Å². The molecule has 0 saturated carbocycles. The Balaban J connectivity index is 4.14. The minimum absolute atomic E-state index is 0.807. The maximum atomic E-state index is 2.66. The topological polar surface area (TPSA) is 3.24 Å². The lowest BCUT2D eigenvalue weighted by atomic mass is 10.00. The van der Waals surface area contributed by atoms with Crippen molar-refractivity contribution in [3.63, 3.8) is 0 Å². The van der Waals surface area contributed by atoms with Gasteiger partial charge in [0.1, 0.15) is 0 Å². The van der Waals surface area contributed by atoms with E-state index in [1.807, 2.05) is 0 Å². The molecule has 98 valence electrons.